The van der Waals surface area contributed by atoms with Crippen molar-refractivity contribution in [1.29, 1.82) is 0 Å². The van der Waals surface area contributed by atoms with Crippen molar-refractivity contribution in [1.82, 2.24) is 9.97 Å². The molecular weight excluding hydrogens is 707 g/mol. The standard InChI is InChI=1S/C17H12N.C14H8F6N.Ir/c1-3-7-14(8-4-1)16-11-12-17(18-13-16)15-9-5-2-6-10-15;1-8-2-5-12(21-7-8)10-4-3-9(13(15,16)17)6-11(10)14(18,19)20;/h1-9,11-13H;2-3,5-7H,1H3;/q2*-1;. The van der Waals surface area contributed by atoms with Gasteiger partial charge in [0.1, 0.15) is 0 Å². The van der Waals surface area contributed by atoms with E-state index in [2.05, 4.69) is 40.3 Å². The Labute approximate surface area is 241 Å². The first-order valence-electron chi connectivity index (χ1n) is 11.6. The van der Waals surface area contributed by atoms with Crippen LogP contribution >= 0.6 is 0 Å². The summed E-state index contributed by atoms with van der Waals surface area (Å²) >= 11 is 0. The molecule has 0 aliphatic carbocycles. The second-order valence-electron chi connectivity index (χ2n) is 8.47. The van der Waals surface area contributed by atoms with Gasteiger partial charge in [-0.05, 0) is 46.1 Å². The van der Waals surface area contributed by atoms with E-state index in [-0.39, 0.29) is 31.9 Å². The van der Waals surface area contributed by atoms with Gasteiger partial charge >= 0.3 is 12.4 Å². The van der Waals surface area contributed by atoms with Gasteiger partial charge in [-0.3, -0.25) is 0 Å². The number of hydrogen-bond acceptors (Lipinski definition) is 2. The van der Waals surface area contributed by atoms with Gasteiger partial charge in [-0.1, -0.05) is 54.6 Å². The van der Waals surface area contributed by atoms with Crippen LogP contribution in [0.3, 0.4) is 0 Å². The summed E-state index contributed by atoms with van der Waals surface area (Å²) < 4.78 is 76.5. The summed E-state index contributed by atoms with van der Waals surface area (Å²) in [5.74, 6) is 0. The third-order valence-electron chi connectivity index (χ3n) is 5.60. The summed E-state index contributed by atoms with van der Waals surface area (Å²) in [6.07, 6.45) is -6.55. The molecule has 0 spiro atoms. The molecule has 0 aliphatic rings. The molecule has 9 heteroatoms. The van der Waals surface area contributed by atoms with E-state index in [4.69, 9.17) is 0 Å². The van der Waals surface area contributed by atoms with Crippen LogP contribution in [0.5, 0.6) is 0 Å². The molecule has 2 heterocycles. The maximum Gasteiger partial charge on any atom is 0.381 e. The zero-order valence-electron chi connectivity index (χ0n) is 20.8. The van der Waals surface area contributed by atoms with Crippen molar-refractivity contribution in [2.24, 2.45) is 0 Å². The first-order chi connectivity index (χ1) is 18.5. The van der Waals surface area contributed by atoms with Gasteiger partial charge in [0.05, 0.1) is 0 Å². The van der Waals surface area contributed by atoms with Crippen LogP contribution in [0, 0.1) is 19.1 Å². The monoisotopic (exact) mass is 727 g/mol. The molecule has 3 aromatic carbocycles. The molecule has 0 N–H and O–H groups in total. The number of halogens is 6. The Morgan fingerprint density at radius 2 is 1.32 bits per heavy atom. The van der Waals surface area contributed by atoms with Crippen LogP contribution in [0.4, 0.5) is 26.3 Å². The van der Waals surface area contributed by atoms with Gasteiger partial charge in [-0.15, -0.1) is 59.7 Å². The number of benzene rings is 3. The summed E-state index contributed by atoms with van der Waals surface area (Å²) in [4.78, 5) is 8.30. The first kappa shape index (κ1) is 30.7. The van der Waals surface area contributed by atoms with Crippen LogP contribution < -0.4 is 0 Å². The van der Waals surface area contributed by atoms with Crippen molar-refractivity contribution >= 4 is 0 Å². The van der Waals surface area contributed by atoms with Crippen molar-refractivity contribution in [2.75, 3.05) is 0 Å². The molecule has 5 rings (SSSR count). The Hall–Kier alpha value is -3.81. The average molecular weight is 727 g/mol. The number of aromatic nitrogens is 2. The SMILES string of the molecule is Cc1ccc(-c2[c-]cc(C(F)(F)F)cc2C(F)(F)F)nc1.[Ir].[c-]1ccccc1-c1ccc(-c2ccccc2)cn1. The van der Waals surface area contributed by atoms with E-state index in [1.54, 1.807) is 6.92 Å². The first-order valence-corrected chi connectivity index (χ1v) is 11.6. The van der Waals surface area contributed by atoms with E-state index in [0.717, 1.165) is 22.4 Å². The minimum absolute atomic E-state index is 0. The third-order valence-corrected chi connectivity index (χ3v) is 5.60. The maximum absolute atomic E-state index is 13.0. The van der Waals surface area contributed by atoms with Gasteiger partial charge in [0.15, 0.2) is 0 Å². The van der Waals surface area contributed by atoms with Crippen molar-refractivity contribution in [2.45, 2.75) is 19.3 Å². The molecule has 207 valence electrons. The second kappa shape index (κ2) is 13.0. The number of pyridine rings is 2. The van der Waals surface area contributed by atoms with Gasteiger partial charge in [0.25, 0.3) is 0 Å². The maximum atomic E-state index is 13.0. The predicted octanol–water partition coefficient (Wildman–Crippen LogP) is 9.11. The Morgan fingerprint density at radius 1 is 0.650 bits per heavy atom. The zero-order chi connectivity index (χ0) is 28.0. The fraction of sp³-hybridized carbons (Fsp3) is 0.0968. The molecule has 0 unspecified atom stereocenters. The van der Waals surface area contributed by atoms with E-state index < -0.39 is 29.0 Å². The summed E-state index contributed by atoms with van der Waals surface area (Å²) in [5.41, 5.74) is 1.63. The summed E-state index contributed by atoms with van der Waals surface area (Å²) in [7, 11) is 0. The van der Waals surface area contributed by atoms with Crippen LogP contribution in [0.2, 0.25) is 0 Å². The van der Waals surface area contributed by atoms with Crippen molar-refractivity contribution in [3.63, 3.8) is 0 Å². The fourth-order valence-electron chi connectivity index (χ4n) is 3.62. The zero-order valence-corrected chi connectivity index (χ0v) is 23.2. The molecule has 0 aliphatic heterocycles. The molecule has 0 saturated heterocycles. The number of nitrogens with zero attached hydrogens (tertiary/aromatic N) is 2. The summed E-state index contributed by atoms with van der Waals surface area (Å²) in [6, 6.07) is 30.9. The van der Waals surface area contributed by atoms with Gasteiger partial charge in [0.2, 0.25) is 0 Å². The van der Waals surface area contributed by atoms with Gasteiger partial charge in [-0.2, -0.15) is 26.3 Å². The van der Waals surface area contributed by atoms with Crippen molar-refractivity contribution in [3.8, 4) is 33.6 Å². The molecule has 0 amide bonds. The van der Waals surface area contributed by atoms with Gasteiger partial charge in [0, 0.05) is 32.5 Å². The summed E-state index contributed by atoms with van der Waals surface area (Å²) in [6.45, 7) is 1.69. The van der Waals surface area contributed by atoms with E-state index in [1.165, 1.54) is 23.9 Å². The quantitative estimate of drug-likeness (QED) is 0.137. The van der Waals surface area contributed by atoms with Crippen LogP contribution in [0.25, 0.3) is 33.6 Å². The number of hydrogen-bond donors (Lipinski definition) is 0. The Bertz CT molecular complexity index is 1440. The molecule has 5 aromatic rings. The van der Waals surface area contributed by atoms with Crippen LogP contribution in [0.15, 0.2) is 103 Å². The molecule has 2 nitrogen and oxygen atoms in total. The molecule has 2 aromatic heterocycles. The van der Waals surface area contributed by atoms with Crippen LogP contribution in [0.1, 0.15) is 16.7 Å². The molecule has 0 saturated carbocycles. The smallest absolute Gasteiger partial charge is 0.304 e. The van der Waals surface area contributed by atoms with Crippen molar-refractivity contribution < 1.29 is 46.4 Å². The molecule has 0 fully saturated rings. The third kappa shape index (κ3) is 7.87. The number of alkyl halides is 6. The molecular formula is C31H20F6IrN2-2. The van der Waals surface area contributed by atoms with Crippen molar-refractivity contribution in [3.05, 3.63) is 132 Å². The van der Waals surface area contributed by atoms with Gasteiger partial charge < -0.3 is 9.97 Å². The Balaban J connectivity index is 0.000000217. The predicted molar refractivity (Wildman–Crippen MR) is 137 cm³/mol. The minimum Gasteiger partial charge on any atom is -0.304 e. The number of aryl methyl sites for hydroxylation is 1. The normalized spacial score (nSPS) is 11.2. The topological polar surface area (TPSA) is 25.8 Å². The summed E-state index contributed by atoms with van der Waals surface area (Å²) in [5, 5.41) is 0. The fourth-order valence-corrected chi connectivity index (χ4v) is 3.62. The number of rotatable bonds is 3. The largest absolute Gasteiger partial charge is 0.381 e. The second-order valence-corrected chi connectivity index (χ2v) is 8.47. The molecule has 1 radical (unpaired) electrons. The minimum atomic E-state index is -4.93. The van der Waals surface area contributed by atoms with Crippen LogP contribution in [-0.2, 0) is 32.5 Å². The molecule has 0 bridgehead atoms. The van der Waals surface area contributed by atoms with Gasteiger partial charge in [-0.25, -0.2) is 0 Å². The Kier molecular flexibility index (Phi) is 10.0. The average Bonchev–Trinajstić information content (AvgIpc) is 2.94. The van der Waals surface area contributed by atoms with E-state index >= 15 is 0 Å². The van der Waals surface area contributed by atoms with E-state index in [1.807, 2.05) is 54.7 Å². The van der Waals surface area contributed by atoms with E-state index in [9.17, 15) is 26.3 Å². The molecule has 0 atom stereocenters. The van der Waals surface area contributed by atoms with Crippen LogP contribution in [-0.4, -0.2) is 9.97 Å². The van der Waals surface area contributed by atoms with E-state index in [0.29, 0.717) is 6.07 Å². The molecule has 40 heavy (non-hydrogen) atoms. The Morgan fingerprint density at radius 3 is 1.88 bits per heavy atom.